The molecule has 1 aliphatic rings. The number of carbonyl (C=O) groups is 1. The fourth-order valence-corrected chi connectivity index (χ4v) is 3.26. The van der Waals surface area contributed by atoms with Crippen LogP contribution in [0.4, 0.5) is 27.6 Å². The number of ether oxygens (including phenoxy) is 1. The van der Waals surface area contributed by atoms with E-state index in [-0.39, 0.29) is 10.5 Å². The highest BCUT2D eigenvalue weighted by atomic mass is 35.5. The molecule has 1 amide bonds. The van der Waals surface area contributed by atoms with E-state index in [9.17, 15) is 22.4 Å². The third kappa shape index (κ3) is 5.16. The summed E-state index contributed by atoms with van der Waals surface area (Å²) in [6.07, 6.45) is -7.12. The van der Waals surface area contributed by atoms with E-state index in [0.29, 0.717) is 6.07 Å². The van der Waals surface area contributed by atoms with Gasteiger partial charge in [-0.2, -0.15) is 13.2 Å². The maximum atomic E-state index is 15.1. The Hall–Kier alpha value is -2.37. The van der Waals surface area contributed by atoms with Crippen LogP contribution in [0.2, 0.25) is 5.02 Å². The Morgan fingerprint density at radius 3 is 2.21 bits per heavy atom. The molecule has 1 aliphatic heterocycles. The van der Waals surface area contributed by atoms with E-state index in [4.69, 9.17) is 25.6 Å². The van der Waals surface area contributed by atoms with E-state index in [1.54, 1.807) is 27.7 Å². The Kier molecular flexibility index (Phi) is 6.96. The van der Waals surface area contributed by atoms with Crippen molar-refractivity contribution in [3.63, 3.8) is 0 Å². The molecule has 3 rings (SSSR count). The van der Waals surface area contributed by atoms with Crippen molar-refractivity contribution in [1.29, 1.82) is 0 Å². The maximum Gasteiger partial charge on any atom is 0.497 e. The summed E-state index contributed by atoms with van der Waals surface area (Å²) in [5.41, 5.74) is -3.00. The third-order valence-electron chi connectivity index (χ3n) is 5.82. The molecule has 0 saturated carbocycles. The van der Waals surface area contributed by atoms with Gasteiger partial charge in [0.2, 0.25) is 0 Å². The number of anilines is 1. The highest BCUT2D eigenvalue weighted by molar-refractivity contribution is 6.62. The smallest absolute Gasteiger partial charge is 0.480 e. The van der Waals surface area contributed by atoms with Gasteiger partial charge >= 0.3 is 13.3 Å². The van der Waals surface area contributed by atoms with Crippen molar-refractivity contribution < 1.29 is 40.8 Å². The van der Waals surface area contributed by atoms with Crippen LogP contribution in [0.5, 0.6) is 5.75 Å². The molecule has 1 atom stereocenters. The molecular formula is C22H22BClF5NO4. The summed E-state index contributed by atoms with van der Waals surface area (Å²) in [6, 6.07) is 5.21. The van der Waals surface area contributed by atoms with Crippen molar-refractivity contribution in [2.24, 2.45) is 0 Å². The molecule has 0 unspecified atom stereocenters. The maximum absolute atomic E-state index is 15.1. The van der Waals surface area contributed by atoms with Gasteiger partial charge in [-0.15, -0.1) is 0 Å². The molecule has 2 aromatic rings. The second kappa shape index (κ2) is 9.01. The van der Waals surface area contributed by atoms with Crippen LogP contribution >= 0.6 is 11.6 Å². The minimum Gasteiger partial charge on any atom is -0.480 e. The molecule has 12 heteroatoms. The lowest BCUT2D eigenvalue weighted by atomic mass is 9.78. The summed E-state index contributed by atoms with van der Waals surface area (Å²) >= 11 is 5.90. The molecule has 184 valence electrons. The van der Waals surface area contributed by atoms with Crippen LogP contribution in [0, 0.1) is 11.6 Å². The number of alkyl halides is 3. The molecular weight excluding hydrogens is 484 g/mol. The van der Waals surface area contributed by atoms with Crippen molar-refractivity contribution in [2.75, 3.05) is 5.32 Å². The van der Waals surface area contributed by atoms with Gasteiger partial charge in [-0.25, -0.2) is 8.78 Å². The van der Waals surface area contributed by atoms with E-state index in [1.807, 2.05) is 0 Å². The van der Waals surface area contributed by atoms with Gasteiger partial charge in [-0.3, -0.25) is 4.79 Å². The molecule has 1 heterocycles. The summed E-state index contributed by atoms with van der Waals surface area (Å²) in [5, 5.41) is 1.99. The SMILES string of the molecule is C[C@H](Oc1cc(B2OC(C)(C)C(C)(C)O2)c(F)cc1C(=O)Nc1c(F)cccc1Cl)C(F)(F)F. The molecule has 5 nitrogen and oxygen atoms in total. The van der Waals surface area contributed by atoms with Gasteiger partial charge in [-0.1, -0.05) is 17.7 Å². The fourth-order valence-electron chi connectivity index (χ4n) is 3.05. The first-order valence-corrected chi connectivity index (χ1v) is 10.6. The highest BCUT2D eigenvalue weighted by Crippen LogP contribution is 2.37. The normalized spacial score (nSPS) is 18.0. The van der Waals surface area contributed by atoms with Crippen LogP contribution in [0.15, 0.2) is 30.3 Å². The minimum atomic E-state index is -4.78. The number of para-hydroxylation sites is 1. The van der Waals surface area contributed by atoms with Crippen molar-refractivity contribution in [3.8, 4) is 5.75 Å². The lowest BCUT2D eigenvalue weighted by Gasteiger charge is -2.32. The Bertz CT molecular complexity index is 1070. The average molecular weight is 506 g/mol. The minimum absolute atomic E-state index is 0.159. The second-order valence-corrected chi connectivity index (χ2v) is 9.22. The quantitative estimate of drug-likeness (QED) is 0.431. The predicted octanol–water partition coefficient (Wildman–Crippen LogP) is 5.50. The van der Waals surface area contributed by atoms with Crippen LogP contribution in [0.3, 0.4) is 0 Å². The number of nitrogens with one attached hydrogen (secondary N) is 1. The molecule has 0 bridgehead atoms. The summed E-state index contributed by atoms with van der Waals surface area (Å²) < 4.78 is 85.3. The summed E-state index contributed by atoms with van der Waals surface area (Å²) in [4.78, 5) is 12.8. The zero-order chi connectivity index (χ0) is 25.6. The molecule has 0 spiro atoms. The average Bonchev–Trinajstić information content (AvgIpc) is 2.91. The number of amides is 1. The van der Waals surface area contributed by atoms with Gasteiger partial charge in [0.15, 0.2) is 6.10 Å². The Morgan fingerprint density at radius 1 is 1.09 bits per heavy atom. The lowest BCUT2D eigenvalue weighted by molar-refractivity contribution is -0.189. The first kappa shape index (κ1) is 26.2. The Balaban J connectivity index is 2.05. The van der Waals surface area contributed by atoms with Crippen LogP contribution in [0.25, 0.3) is 0 Å². The summed E-state index contributed by atoms with van der Waals surface area (Å²) in [5.74, 6) is -3.60. The topological polar surface area (TPSA) is 56.8 Å². The largest absolute Gasteiger partial charge is 0.497 e. The van der Waals surface area contributed by atoms with Crippen LogP contribution in [-0.2, 0) is 9.31 Å². The third-order valence-corrected chi connectivity index (χ3v) is 6.13. The zero-order valence-corrected chi connectivity index (χ0v) is 19.7. The number of hydrogen-bond donors (Lipinski definition) is 1. The van der Waals surface area contributed by atoms with Gasteiger partial charge in [-0.05, 0) is 58.9 Å². The van der Waals surface area contributed by atoms with Gasteiger partial charge in [0, 0.05) is 5.46 Å². The molecule has 1 saturated heterocycles. The molecule has 0 aromatic heterocycles. The van der Waals surface area contributed by atoms with Crippen LogP contribution in [-0.4, -0.2) is 36.5 Å². The van der Waals surface area contributed by atoms with Crippen molar-refractivity contribution in [1.82, 2.24) is 0 Å². The van der Waals surface area contributed by atoms with E-state index in [0.717, 1.165) is 19.1 Å². The Morgan fingerprint density at radius 2 is 1.68 bits per heavy atom. The molecule has 0 aliphatic carbocycles. The molecule has 0 radical (unpaired) electrons. The van der Waals surface area contributed by atoms with Gasteiger partial charge in [0.25, 0.3) is 5.91 Å². The Labute approximate surface area is 198 Å². The number of rotatable bonds is 5. The van der Waals surface area contributed by atoms with E-state index < -0.39 is 65.1 Å². The fraction of sp³-hybridized carbons (Fsp3) is 0.409. The predicted molar refractivity (Wildman–Crippen MR) is 118 cm³/mol. The summed E-state index contributed by atoms with van der Waals surface area (Å²) in [7, 11) is -1.27. The highest BCUT2D eigenvalue weighted by Gasteiger charge is 2.52. The monoisotopic (exact) mass is 505 g/mol. The van der Waals surface area contributed by atoms with E-state index in [1.165, 1.54) is 12.1 Å². The van der Waals surface area contributed by atoms with Crippen molar-refractivity contribution in [2.45, 2.75) is 58.1 Å². The van der Waals surface area contributed by atoms with Crippen LogP contribution < -0.4 is 15.5 Å². The summed E-state index contributed by atoms with van der Waals surface area (Å²) in [6.45, 7) is 7.59. The van der Waals surface area contributed by atoms with E-state index >= 15 is 4.39 Å². The van der Waals surface area contributed by atoms with Crippen molar-refractivity contribution in [3.05, 3.63) is 52.6 Å². The number of hydrogen-bond acceptors (Lipinski definition) is 4. The molecule has 1 fully saturated rings. The van der Waals surface area contributed by atoms with Gasteiger partial charge < -0.3 is 19.4 Å². The van der Waals surface area contributed by atoms with Crippen LogP contribution in [0.1, 0.15) is 45.0 Å². The molecule has 2 aromatic carbocycles. The lowest BCUT2D eigenvalue weighted by Crippen LogP contribution is -2.41. The first-order chi connectivity index (χ1) is 15.5. The second-order valence-electron chi connectivity index (χ2n) is 8.81. The standard InChI is InChI=1S/C22H22BClF5NO4/c1-11(22(27,28)29)32-17-10-13(23-33-20(2,3)21(4,5)34-23)16(26)9-12(17)19(31)30-18-14(24)7-6-8-15(18)25/h6-11H,1-5H3,(H,30,31)/t11-/m0/s1. The zero-order valence-electron chi connectivity index (χ0n) is 18.9. The van der Waals surface area contributed by atoms with Gasteiger partial charge in [0.05, 0.1) is 27.5 Å². The van der Waals surface area contributed by atoms with Crippen molar-refractivity contribution >= 4 is 35.8 Å². The molecule has 1 N–H and O–H groups in total. The molecule has 34 heavy (non-hydrogen) atoms. The first-order valence-electron chi connectivity index (χ1n) is 10.2. The van der Waals surface area contributed by atoms with E-state index in [2.05, 4.69) is 5.32 Å². The number of halogens is 6. The number of carbonyl (C=O) groups excluding carboxylic acids is 1. The van der Waals surface area contributed by atoms with Gasteiger partial charge in [0.1, 0.15) is 17.4 Å². The number of benzene rings is 2.